The first-order valence-electron chi connectivity index (χ1n) is 5.20. The number of piperidine rings is 1. The number of hydrogen-bond donors (Lipinski definition) is 0. The summed E-state index contributed by atoms with van der Waals surface area (Å²) in [5.74, 6) is 0.430. The summed E-state index contributed by atoms with van der Waals surface area (Å²) in [6, 6.07) is 0.683. The number of Topliss-reactive ketones (excluding diaryl/α,β-unsaturated/α-hetero) is 1. The zero-order valence-corrected chi connectivity index (χ0v) is 8.33. The van der Waals surface area contributed by atoms with Crippen LogP contribution in [0.2, 0.25) is 0 Å². The summed E-state index contributed by atoms with van der Waals surface area (Å²) in [6.07, 6.45) is 3.26. The highest BCUT2D eigenvalue weighted by atomic mass is 16.1. The van der Waals surface area contributed by atoms with E-state index in [1.54, 1.807) is 0 Å². The lowest BCUT2D eigenvalue weighted by Gasteiger charge is -2.34. The molecule has 0 bridgehead atoms. The fourth-order valence-corrected chi connectivity index (χ4v) is 2.32. The van der Waals surface area contributed by atoms with Crippen LogP contribution in [-0.2, 0) is 4.79 Å². The highest BCUT2D eigenvalue weighted by Crippen LogP contribution is 2.18. The van der Waals surface area contributed by atoms with Gasteiger partial charge in [-0.3, -0.25) is 9.69 Å². The van der Waals surface area contributed by atoms with Crippen molar-refractivity contribution in [1.82, 2.24) is 9.80 Å². The molecule has 0 aliphatic carbocycles. The number of ketones is 1. The van der Waals surface area contributed by atoms with Crippen molar-refractivity contribution in [3.8, 4) is 0 Å². The van der Waals surface area contributed by atoms with Crippen molar-refractivity contribution in [2.75, 3.05) is 33.2 Å². The van der Waals surface area contributed by atoms with Crippen LogP contribution in [0.25, 0.3) is 0 Å². The van der Waals surface area contributed by atoms with Gasteiger partial charge < -0.3 is 4.90 Å². The van der Waals surface area contributed by atoms with E-state index in [2.05, 4.69) is 16.8 Å². The van der Waals surface area contributed by atoms with Gasteiger partial charge in [0.05, 0.1) is 6.54 Å². The molecule has 2 aliphatic heterocycles. The zero-order valence-electron chi connectivity index (χ0n) is 8.33. The van der Waals surface area contributed by atoms with Crippen molar-refractivity contribution in [2.24, 2.45) is 0 Å². The molecule has 0 unspecified atom stereocenters. The Morgan fingerprint density at radius 1 is 1.23 bits per heavy atom. The molecule has 0 N–H and O–H groups in total. The third kappa shape index (κ3) is 2.09. The molecule has 3 nitrogen and oxygen atoms in total. The molecule has 13 heavy (non-hydrogen) atoms. The van der Waals surface area contributed by atoms with Crippen LogP contribution in [0.5, 0.6) is 0 Å². The first-order valence-corrected chi connectivity index (χ1v) is 5.20. The van der Waals surface area contributed by atoms with E-state index in [4.69, 9.17) is 0 Å². The van der Waals surface area contributed by atoms with Crippen LogP contribution in [-0.4, -0.2) is 54.9 Å². The topological polar surface area (TPSA) is 23.6 Å². The Kier molecular flexibility index (Phi) is 2.65. The Morgan fingerprint density at radius 2 is 1.92 bits per heavy atom. The minimum absolute atomic E-state index is 0.430. The minimum atomic E-state index is 0.430. The fraction of sp³-hybridized carbons (Fsp3) is 0.900. The van der Waals surface area contributed by atoms with Gasteiger partial charge in [0.1, 0.15) is 5.78 Å². The monoisotopic (exact) mass is 182 g/mol. The smallest absolute Gasteiger partial charge is 0.148 e. The standard InChI is InChI=1S/C10H18N2O/c1-11-5-2-9(3-6-11)12-7-4-10(13)8-12/h9H,2-8H2,1H3. The highest BCUT2D eigenvalue weighted by Gasteiger charge is 2.28. The number of carbonyl (C=O) groups excluding carboxylic acids is 1. The maximum Gasteiger partial charge on any atom is 0.148 e. The summed E-state index contributed by atoms with van der Waals surface area (Å²) >= 11 is 0. The number of hydrogen-bond acceptors (Lipinski definition) is 3. The van der Waals surface area contributed by atoms with Gasteiger partial charge in [0, 0.05) is 19.0 Å². The van der Waals surface area contributed by atoms with Crippen molar-refractivity contribution < 1.29 is 4.79 Å². The van der Waals surface area contributed by atoms with E-state index in [1.165, 1.54) is 25.9 Å². The Labute approximate surface area is 79.7 Å². The van der Waals surface area contributed by atoms with Crippen LogP contribution < -0.4 is 0 Å². The average Bonchev–Trinajstić information content (AvgIpc) is 2.53. The van der Waals surface area contributed by atoms with E-state index in [0.29, 0.717) is 18.4 Å². The van der Waals surface area contributed by atoms with Crippen LogP contribution in [0.1, 0.15) is 19.3 Å². The van der Waals surface area contributed by atoms with Crippen LogP contribution in [0, 0.1) is 0 Å². The fourth-order valence-electron chi connectivity index (χ4n) is 2.32. The van der Waals surface area contributed by atoms with E-state index >= 15 is 0 Å². The average molecular weight is 182 g/mol. The van der Waals surface area contributed by atoms with Gasteiger partial charge in [-0.15, -0.1) is 0 Å². The summed E-state index contributed by atoms with van der Waals surface area (Å²) in [7, 11) is 2.17. The van der Waals surface area contributed by atoms with Crippen LogP contribution >= 0.6 is 0 Å². The second kappa shape index (κ2) is 3.76. The second-order valence-corrected chi connectivity index (χ2v) is 4.29. The van der Waals surface area contributed by atoms with E-state index in [0.717, 1.165) is 13.0 Å². The Bertz CT molecular complexity index is 197. The van der Waals surface area contributed by atoms with Gasteiger partial charge in [0.25, 0.3) is 0 Å². The predicted molar refractivity (Wildman–Crippen MR) is 51.7 cm³/mol. The molecule has 2 heterocycles. The molecule has 2 fully saturated rings. The van der Waals surface area contributed by atoms with E-state index in [9.17, 15) is 4.79 Å². The molecule has 3 heteroatoms. The molecule has 0 aromatic rings. The summed E-state index contributed by atoms with van der Waals surface area (Å²) < 4.78 is 0. The molecule has 0 amide bonds. The largest absolute Gasteiger partial charge is 0.306 e. The van der Waals surface area contributed by atoms with E-state index < -0.39 is 0 Å². The van der Waals surface area contributed by atoms with Crippen molar-refractivity contribution in [3.05, 3.63) is 0 Å². The van der Waals surface area contributed by atoms with Gasteiger partial charge in [0.2, 0.25) is 0 Å². The molecular weight excluding hydrogens is 164 g/mol. The first kappa shape index (κ1) is 9.16. The molecule has 0 atom stereocenters. The molecule has 74 valence electrons. The number of rotatable bonds is 1. The number of likely N-dealkylation sites (tertiary alicyclic amines) is 2. The van der Waals surface area contributed by atoms with Gasteiger partial charge >= 0.3 is 0 Å². The van der Waals surface area contributed by atoms with Crippen molar-refractivity contribution in [2.45, 2.75) is 25.3 Å². The van der Waals surface area contributed by atoms with Crippen molar-refractivity contribution >= 4 is 5.78 Å². The van der Waals surface area contributed by atoms with Crippen LogP contribution in [0.15, 0.2) is 0 Å². The van der Waals surface area contributed by atoms with E-state index in [-0.39, 0.29) is 0 Å². The highest BCUT2D eigenvalue weighted by molar-refractivity contribution is 5.82. The summed E-state index contributed by atoms with van der Waals surface area (Å²) in [4.78, 5) is 15.8. The number of carbonyl (C=O) groups is 1. The van der Waals surface area contributed by atoms with Gasteiger partial charge in [-0.2, -0.15) is 0 Å². The van der Waals surface area contributed by atoms with Crippen LogP contribution in [0.4, 0.5) is 0 Å². The SMILES string of the molecule is CN1CCC(N2CCC(=O)C2)CC1. The lowest BCUT2D eigenvalue weighted by molar-refractivity contribution is -0.117. The molecule has 2 saturated heterocycles. The third-order valence-corrected chi connectivity index (χ3v) is 3.26. The molecule has 0 aromatic carbocycles. The molecule has 0 spiro atoms. The Morgan fingerprint density at radius 3 is 2.46 bits per heavy atom. The Hall–Kier alpha value is -0.410. The summed E-state index contributed by atoms with van der Waals surface area (Å²) in [5, 5.41) is 0. The summed E-state index contributed by atoms with van der Waals surface area (Å²) in [5.41, 5.74) is 0. The zero-order chi connectivity index (χ0) is 9.26. The molecule has 0 aromatic heterocycles. The van der Waals surface area contributed by atoms with Crippen molar-refractivity contribution in [1.29, 1.82) is 0 Å². The predicted octanol–water partition coefficient (Wildman–Crippen LogP) is 0.355. The van der Waals surface area contributed by atoms with Gasteiger partial charge in [-0.05, 0) is 33.0 Å². The molecule has 2 aliphatic rings. The van der Waals surface area contributed by atoms with Gasteiger partial charge in [-0.25, -0.2) is 0 Å². The minimum Gasteiger partial charge on any atom is -0.306 e. The van der Waals surface area contributed by atoms with Crippen molar-refractivity contribution in [3.63, 3.8) is 0 Å². The first-order chi connectivity index (χ1) is 6.25. The van der Waals surface area contributed by atoms with E-state index in [1.807, 2.05) is 0 Å². The summed E-state index contributed by atoms with van der Waals surface area (Å²) in [6.45, 7) is 4.10. The van der Waals surface area contributed by atoms with Gasteiger partial charge in [0.15, 0.2) is 0 Å². The normalized spacial score (nSPS) is 28.5. The molecule has 2 rings (SSSR count). The molecule has 0 saturated carbocycles. The Balaban J connectivity index is 1.84. The molecule has 0 radical (unpaired) electrons. The number of nitrogens with zero attached hydrogens (tertiary/aromatic N) is 2. The quantitative estimate of drug-likeness (QED) is 0.585. The lowest BCUT2D eigenvalue weighted by Crippen LogP contribution is -2.42. The maximum absolute atomic E-state index is 11.1. The second-order valence-electron chi connectivity index (χ2n) is 4.29. The van der Waals surface area contributed by atoms with Gasteiger partial charge in [-0.1, -0.05) is 0 Å². The maximum atomic E-state index is 11.1. The lowest BCUT2D eigenvalue weighted by atomic mass is 10.0. The van der Waals surface area contributed by atoms with Crippen LogP contribution in [0.3, 0.4) is 0 Å². The third-order valence-electron chi connectivity index (χ3n) is 3.26. The molecular formula is C10H18N2O.